The Morgan fingerprint density at radius 2 is 1.77 bits per heavy atom. The van der Waals surface area contributed by atoms with Crippen LogP contribution in [0.1, 0.15) is 25.0 Å². The summed E-state index contributed by atoms with van der Waals surface area (Å²) in [5, 5.41) is 9.19. The highest BCUT2D eigenvalue weighted by molar-refractivity contribution is 5.80. The summed E-state index contributed by atoms with van der Waals surface area (Å²) in [6, 6.07) is 11.1. The van der Waals surface area contributed by atoms with Crippen molar-refractivity contribution in [3.63, 3.8) is 0 Å². The molecule has 0 heterocycles. The molecule has 0 bridgehead atoms. The fraction of sp³-hybridized carbons (Fsp3) is 0.235. The van der Waals surface area contributed by atoms with E-state index in [0.29, 0.717) is 0 Å². The van der Waals surface area contributed by atoms with Crippen LogP contribution in [0.25, 0.3) is 0 Å². The quantitative estimate of drug-likeness (QED) is 0.911. The average Bonchev–Trinajstić information content (AvgIpc) is 2.47. The summed E-state index contributed by atoms with van der Waals surface area (Å²) in [5.41, 5.74) is -0.850. The summed E-state index contributed by atoms with van der Waals surface area (Å²) in [4.78, 5) is 11.2. The van der Waals surface area contributed by atoms with E-state index in [9.17, 15) is 18.7 Å². The largest absolute Gasteiger partial charge is 0.483 e. The molecule has 0 saturated heterocycles. The van der Waals surface area contributed by atoms with Gasteiger partial charge in [0.05, 0.1) is 5.41 Å². The van der Waals surface area contributed by atoms with Crippen molar-refractivity contribution in [3.8, 4) is 5.75 Å². The van der Waals surface area contributed by atoms with E-state index < -0.39 is 28.8 Å². The number of ether oxygens (including phenoxy) is 1. The maximum Gasteiger partial charge on any atom is 0.313 e. The molecule has 0 aromatic heterocycles. The standard InChI is InChI=1S/C17H16F2O3/c1-17(2,16(20)21)12-8-9-13(18)15(14(12)19)22-10-11-6-4-3-5-7-11/h3-9H,10H2,1-2H3,(H,20,21). The second kappa shape index (κ2) is 6.13. The van der Waals surface area contributed by atoms with E-state index in [-0.39, 0.29) is 12.2 Å². The predicted molar refractivity (Wildman–Crippen MR) is 77.8 cm³/mol. The molecular formula is C17H16F2O3. The number of halogens is 2. The van der Waals surface area contributed by atoms with Crippen LogP contribution in [0.2, 0.25) is 0 Å². The molecule has 116 valence electrons. The maximum absolute atomic E-state index is 14.5. The molecule has 0 spiro atoms. The van der Waals surface area contributed by atoms with Gasteiger partial charge in [0.2, 0.25) is 0 Å². The van der Waals surface area contributed by atoms with Gasteiger partial charge in [0.1, 0.15) is 6.61 Å². The van der Waals surface area contributed by atoms with Crippen LogP contribution in [0.3, 0.4) is 0 Å². The molecular weight excluding hydrogens is 290 g/mol. The molecule has 0 aliphatic carbocycles. The summed E-state index contributed by atoms with van der Waals surface area (Å²) in [6.07, 6.45) is 0. The van der Waals surface area contributed by atoms with Crippen LogP contribution in [0, 0.1) is 11.6 Å². The highest BCUT2D eigenvalue weighted by atomic mass is 19.1. The van der Waals surface area contributed by atoms with Crippen LogP contribution in [0.5, 0.6) is 5.75 Å². The smallest absolute Gasteiger partial charge is 0.313 e. The van der Waals surface area contributed by atoms with Crippen molar-refractivity contribution >= 4 is 5.97 Å². The normalized spacial score (nSPS) is 11.3. The number of carboxylic acid groups (broad SMARTS) is 1. The lowest BCUT2D eigenvalue weighted by atomic mass is 9.84. The third kappa shape index (κ3) is 3.08. The van der Waals surface area contributed by atoms with Crippen LogP contribution < -0.4 is 4.74 Å². The minimum absolute atomic E-state index is 0.00830. The van der Waals surface area contributed by atoms with E-state index in [2.05, 4.69) is 0 Å². The Morgan fingerprint density at radius 1 is 1.14 bits per heavy atom. The lowest BCUT2D eigenvalue weighted by Crippen LogP contribution is -2.30. The Morgan fingerprint density at radius 3 is 2.36 bits per heavy atom. The van der Waals surface area contributed by atoms with Gasteiger partial charge >= 0.3 is 5.97 Å². The molecule has 0 amide bonds. The van der Waals surface area contributed by atoms with Crippen molar-refractivity contribution < 1.29 is 23.4 Å². The van der Waals surface area contributed by atoms with Gasteiger partial charge in [0.25, 0.3) is 0 Å². The first-order valence-corrected chi connectivity index (χ1v) is 6.72. The number of benzene rings is 2. The molecule has 0 aliphatic rings. The van der Waals surface area contributed by atoms with Crippen molar-refractivity contribution in [1.82, 2.24) is 0 Å². The van der Waals surface area contributed by atoms with Crippen LogP contribution in [-0.2, 0) is 16.8 Å². The third-order valence-corrected chi connectivity index (χ3v) is 3.48. The Hall–Kier alpha value is -2.43. The molecule has 0 radical (unpaired) electrons. The predicted octanol–water partition coefficient (Wildman–Crippen LogP) is 3.91. The van der Waals surface area contributed by atoms with E-state index in [0.717, 1.165) is 17.7 Å². The van der Waals surface area contributed by atoms with Crippen LogP contribution in [0.4, 0.5) is 8.78 Å². The van der Waals surface area contributed by atoms with Gasteiger partial charge < -0.3 is 9.84 Å². The van der Waals surface area contributed by atoms with Crippen LogP contribution in [-0.4, -0.2) is 11.1 Å². The second-order valence-electron chi connectivity index (χ2n) is 5.44. The van der Waals surface area contributed by atoms with Gasteiger partial charge in [-0.2, -0.15) is 0 Å². The lowest BCUT2D eigenvalue weighted by Gasteiger charge is -2.21. The van der Waals surface area contributed by atoms with Gasteiger partial charge in [-0.15, -0.1) is 0 Å². The summed E-state index contributed by atoms with van der Waals surface area (Å²) in [7, 11) is 0. The molecule has 0 unspecified atom stereocenters. The average molecular weight is 306 g/mol. The molecule has 0 fully saturated rings. The van der Waals surface area contributed by atoms with Crippen molar-refractivity contribution in [2.75, 3.05) is 0 Å². The molecule has 0 atom stereocenters. The van der Waals surface area contributed by atoms with Gasteiger partial charge in [-0.3, -0.25) is 4.79 Å². The zero-order valence-corrected chi connectivity index (χ0v) is 12.3. The first kappa shape index (κ1) is 15.9. The number of hydrogen-bond acceptors (Lipinski definition) is 2. The maximum atomic E-state index is 14.5. The molecule has 5 heteroatoms. The monoisotopic (exact) mass is 306 g/mol. The molecule has 3 nitrogen and oxygen atoms in total. The summed E-state index contributed by atoms with van der Waals surface area (Å²) in [5.74, 6) is -3.61. The Labute approximate surface area is 127 Å². The summed E-state index contributed by atoms with van der Waals surface area (Å²) < 4.78 is 33.5. The molecule has 22 heavy (non-hydrogen) atoms. The van der Waals surface area contributed by atoms with E-state index in [1.54, 1.807) is 24.3 Å². The molecule has 1 N–H and O–H groups in total. The van der Waals surface area contributed by atoms with E-state index in [1.165, 1.54) is 13.8 Å². The van der Waals surface area contributed by atoms with Crippen molar-refractivity contribution in [2.24, 2.45) is 0 Å². The first-order chi connectivity index (χ1) is 10.3. The van der Waals surface area contributed by atoms with Crippen molar-refractivity contribution in [3.05, 3.63) is 65.2 Å². The number of carbonyl (C=O) groups is 1. The minimum Gasteiger partial charge on any atom is -0.483 e. The van der Waals surface area contributed by atoms with E-state index >= 15 is 0 Å². The highest BCUT2D eigenvalue weighted by Gasteiger charge is 2.34. The van der Waals surface area contributed by atoms with Gasteiger partial charge in [-0.1, -0.05) is 36.4 Å². The first-order valence-electron chi connectivity index (χ1n) is 6.72. The van der Waals surface area contributed by atoms with Crippen molar-refractivity contribution in [1.29, 1.82) is 0 Å². The molecule has 2 aromatic rings. The number of hydrogen-bond donors (Lipinski definition) is 1. The molecule has 2 rings (SSSR count). The van der Waals surface area contributed by atoms with E-state index in [4.69, 9.17) is 4.74 Å². The zero-order valence-electron chi connectivity index (χ0n) is 12.3. The van der Waals surface area contributed by atoms with E-state index in [1.807, 2.05) is 6.07 Å². The van der Waals surface area contributed by atoms with Crippen LogP contribution >= 0.6 is 0 Å². The van der Waals surface area contributed by atoms with Gasteiger partial charge in [-0.05, 0) is 25.5 Å². The number of carboxylic acids is 1. The molecule has 2 aromatic carbocycles. The SMILES string of the molecule is CC(C)(C(=O)O)c1ccc(F)c(OCc2ccccc2)c1F. The van der Waals surface area contributed by atoms with Crippen LogP contribution in [0.15, 0.2) is 42.5 Å². The number of rotatable bonds is 5. The zero-order chi connectivity index (χ0) is 16.3. The Bertz CT molecular complexity index is 682. The Balaban J connectivity index is 2.34. The fourth-order valence-corrected chi connectivity index (χ4v) is 1.99. The topological polar surface area (TPSA) is 46.5 Å². The van der Waals surface area contributed by atoms with Gasteiger partial charge in [-0.25, -0.2) is 8.78 Å². The number of aliphatic carboxylic acids is 1. The minimum atomic E-state index is -1.48. The van der Waals surface area contributed by atoms with Gasteiger partial charge in [0, 0.05) is 5.56 Å². The van der Waals surface area contributed by atoms with Crippen molar-refractivity contribution in [2.45, 2.75) is 25.9 Å². The lowest BCUT2D eigenvalue weighted by molar-refractivity contribution is -0.142. The third-order valence-electron chi connectivity index (χ3n) is 3.48. The molecule has 0 saturated carbocycles. The highest BCUT2D eigenvalue weighted by Crippen LogP contribution is 2.33. The second-order valence-corrected chi connectivity index (χ2v) is 5.44. The fourth-order valence-electron chi connectivity index (χ4n) is 1.99. The summed E-state index contributed by atoms with van der Waals surface area (Å²) >= 11 is 0. The summed E-state index contributed by atoms with van der Waals surface area (Å²) in [6.45, 7) is 2.70. The Kier molecular flexibility index (Phi) is 4.45. The van der Waals surface area contributed by atoms with Gasteiger partial charge in [0.15, 0.2) is 17.4 Å². The molecule has 0 aliphatic heterocycles.